The molecular formula is C22H24F4N6O3. The van der Waals surface area contributed by atoms with Crippen LogP contribution in [0.5, 0.6) is 0 Å². The SMILES string of the molecule is O=C(c1[nH]nc2ncnc(N[C@@H]3CCC[C@@H](O)[C@H]3O)c12)N1C[C@@H](F)C[C@@H]1C1CC(F)=CC(F)=C1F. The third kappa shape index (κ3) is 4.27. The van der Waals surface area contributed by atoms with Gasteiger partial charge in [0.25, 0.3) is 5.91 Å². The largest absolute Gasteiger partial charge is 0.390 e. The second-order valence-corrected chi connectivity index (χ2v) is 9.21. The molecular weight excluding hydrogens is 472 g/mol. The first-order chi connectivity index (χ1) is 16.7. The van der Waals surface area contributed by atoms with E-state index in [0.717, 1.165) is 4.90 Å². The maximum atomic E-state index is 14.6. The normalized spacial score (nSPS) is 31.7. The molecule has 3 aliphatic rings. The number of nitrogens with one attached hydrogen (secondary N) is 2. The Bertz CT molecular complexity index is 1200. The third-order valence-electron chi connectivity index (χ3n) is 6.98. The second-order valence-electron chi connectivity index (χ2n) is 9.21. The van der Waals surface area contributed by atoms with E-state index in [-0.39, 0.29) is 35.5 Å². The Morgan fingerprint density at radius 1 is 1.20 bits per heavy atom. The summed E-state index contributed by atoms with van der Waals surface area (Å²) in [5.74, 6) is -5.40. The maximum absolute atomic E-state index is 14.6. The number of halogens is 4. The Hall–Kier alpha value is -3.06. The molecule has 0 radical (unpaired) electrons. The van der Waals surface area contributed by atoms with Crippen LogP contribution in [-0.4, -0.2) is 78.2 Å². The molecule has 6 atom stereocenters. The highest BCUT2D eigenvalue weighted by molar-refractivity contribution is 6.07. The molecule has 1 unspecified atom stereocenters. The van der Waals surface area contributed by atoms with Gasteiger partial charge >= 0.3 is 0 Å². The first kappa shape index (κ1) is 23.7. The summed E-state index contributed by atoms with van der Waals surface area (Å²) in [6, 6.07) is -1.67. The number of amides is 1. The minimum atomic E-state index is -1.50. The van der Waals surface area contributed by atoms with Crippen LogP contribution in [0.1, 0.15) is 42.6 Å². The summed E-state index contributed by atoms with van der Waals surface area (Å²) in [6.07, 6.45) is -0.912. The molecule has 2 aromatic heterocycles. The highest BCUT2D eigenvalue weighted by Gasteiger charge is 2.45. The molecule has 188 valence electrons. The van der Waals surface area contributed by atoms with Crippen LogP contribution in [0.25, 0.3) is 11.0 Å². The molecule has 35 heavy (non-hydrogen) atoms. The molecule has 1 amide bonds. The summed E-state index contributed by atoms with van der Waals surface area (Å²) in [5.41, 5.74) is 0.0118. The molecule has 0 bridgehead atoms. The van der Waals surface area contributed by atoms with Gasteiger partial charge in [-0.25, -0.2) is 27.5 Å². The lowest BCUT2D eigenvalue weighted by atomic mass is 9.88. The summed E-state index contributed by atoms with van der Waals surface area (Å²) in [6.45, 7) is -0.384. The molecule has 1 saturated heterocycles. The number of carbonyl (C=O) groups is 1. The van der Waals surface area contributed by atoms with Gasteiger partial charge < -0.3 is 20.4 Å². The van der Waals surface area contributed by atoms with Gasteiger partial charge in [-0.3, -0.25) is 9.89 Å². The van der Waals surface area contributed by atoms with E-state index >= 15 is 0 Å². The fraction of sp³-hybridized carbons (Fsp3) is 0.545. The van der Waals surface area contributed by atoms with Gasteiger partial charge in [0.2, 0.25) is 0 Å². The van der Waals surface area contributed by atoms with Crippen LogP contribution in [-0.2, 0) is 0 Å². The number of aliphatic hydroxyl groups excluding tert-OH is 2. The average molecular weight is 496 g/mol. The van der Waals surface area contributed by atoms with Crippen LogP contribution in [0.4, 0.5) is 23.4 Å². The van der Waals surface area contributed by atoms with Crippen molar-refractivity contribution < 1.29 is 32.6 Å². The lowest BCUT2D eigenvalue weighted by molar-refractivity contribution is -0.0161. The van der Waals surface area contributed by atoms with Crippen molar-refractivity contribution in [1.29, 1.82) is 0 Å². The maximum Gasteiger partial charge on any atom is 0.273 e. The van der Waals surface area contributed by atoms with Crippen molar-refractivity contribution in [1.82, 2.24) is 25.1 Å². The first-order valence-corrected chi connectivity index (χ1v) is 11.4. The number of rotatable bonds is 4. The van der Waals surface area contributed by atoms with Crippen molar-refractivity contribution in [3.63, 3.8) is 0 Å². The minimum absolute atomic E-state index is 0.107. The van der Waals surface area contributed by atoms with Crippen molar-refractivity contribution in [3.05, 3.63) is 35.6 Å². The number of aromatic amines is 1. The van der Waals surface area contributed by atoms with Gasteiger partial charge in [-0.2, -0.15) is 5.10 Å². The van der Waals surface area contributed by atoms with Crippen LogP contribution in [0.15, 0.2) is 29.9 Å². The Labute approximate surface area is 196 Å². The lowest BCUT2D eigenvalue weighted by Crippen LogP contribution is -2.45. The van der Waals surface area contributed by atoms with E-state index < -0.39 is 66.2 Å². The molecule has 5 rings (SSSR count). The summed E-state index contributed by atoms with van der Waals surface area (Å²) in [4.78, 5) is 22.8. The molecule has 0 aromatic carbocycles. The molecule has 13 heteroatoms. The van der Waals surface area contributed by atoms with Crippen LogP contribution >= 0.6 is 0 Å². The van der Waals surface area contributed by atoms with Gasteiger partial charge in [0.1, 0.15) is 35.7 Å². The van der Waals surface area contributed by atoms with E-state index in [1.807, 2.05) is 0 Å². The molecule has 1 saturated carbocycles. The molecule has 2 aromatic rings. The Kier molecular flexibility index (Phi) is 6.21. The van der Waals surface area contributed by atoms with Crippen LogP contribution in [0.2, 0.25) is 0 Å². The van der Waals surface area contributed by atoms with E-state index in [1.165, 1.54) is 6.33 Å². The van der Waals surface area contributed by atoms with Gasteiger partial charge in [-0.05, 0) is 19.3 Å². The monoisotopic (exact) mass is 496 g/mol. The topological polar surface area (TPSA) is 127 Å². The Morgan fingerprint density at radius 3 is 2.80 bits per heavy atom. The highest BCUT2D eigenvalue weighted by atomic mass is 19.2. The summed E-state index contributed by atoms with van der Waals surface area (Å²) >= 11 is 0. The van der Waals surface area contributed by atoms with Gasteiger partial charge in [0.15, 0.2) is 11.5 Å². The van der Waals surface area contributed by atoms with Crippen molar-refractivity contribution in [2.45, 2.75) is 62.6 Å². The van der Waals surface area contributed by atoms with Gasteiger partial charge in [0.05, 0.1) is 30.2 Å². The quantitative estimate of drug-likeness (QED) is 0.479. The van der Waals surface area contributed by atoms with E-state index in [2.05, 4.69) is 25.5 Å². The number of alkyl halides is 1. The van der Waals surface area contributed by atoms with Gasteiger partial charge in [-0.1, -0.05) is 0 Å². The smallest absolute Gasteiger partial charge is 0.273 e. The number of aliphatic hydroxyl groups is 2. The molecule has 1 aliphatic heterocycles. The fourth-order valence-corrected chi connectivity index (χ4v) is 5.23. The number of fused-ring (bicyclic) bond motifs is 1. The number of aromatic nitrogens is 4. The molecule has 2 aliphatic carbocycles. The molecule has 2 fully saturated rings. The average Bonchev–Trinajstić information content (AvgIpc) is 3.43. The Balaban J connectivity index is 1.47. The van der Waals surface area contributed by atoms with Crippen LogP contribution < -0.4 is 5.32 Å². The predicted molar refractivity (Wildman–Crippen MR) is 116 cm³/mol. The predicted octanol–water partition coefficient (Wildman–Crippen LogP) is 2.62. The second kappa shape index (κ2) is 9.19. The lowest BCUT2D eigenvalue weighted by Gasteiger charge is -2.33. The van der Waals surface area contributed by atoms with Gasteiger partial charge in [0, 0.05) is 30.9 Å². The zero-order valence-electron chi connectivity index (χ0n) is 18.5. The van der Waals surface area contributed by atoms with E-state index in [9.17, 15) is 32.6 Å². The number of anilines is 1. The molecule has 4 N–H and O–H groups in total. The Morgan fingerprint density at radius 2 is 2.00 bits per heavy atom. The summed E-state index contributed by atoms with van der Waals surface area (Å²) in [7, 11) is 0. The summed E-state index contributed by atoms with van der Waals surface area (Å²) < 4.78 is 56.8. The number of likely N-dealkylation sites (tertiary alicyclic amines) is 1. The first-order valence-electron chi connectivity index (χ1n) is 11.4. The number of hydrogen-bond donors (Lipinski definition) is 4. The molecule has 3 heterocycles. The van der Waals surface area contributed by atoms with Crippen molar-refractivity contribution >= 4 is 22.8 Å². The highest BCUT2D eigenvalue weighted by Crippen LogP contribution is 2.41. The van der Waals surface area contributed by atoms with Crippen molar-refractivity contribution in [2.75, 3.05) is 11.9 Å². The van der Waals surface area contributed by atoms with Crippen LogP contribution in [0, 0.1) is 5.92 Å². The minimum Gasteiger partial charge on any atom is -0.390 e. The van der Waals surface area contributed by atoms with Gasteiger partial charge in [-0.15, -0.1) is 0 Å². The van der Waals surface area contributed by atoms with E-state index in [0.29, 0.717) is 25.3 Å². The number of H-pyrrole nitrogens is 1. The zero-order chi connectivity index (χ0) is 24.9. The van der Waals surface area contributed by atoms with Crippen molar-refractivity contribution in [2.24, 2.45) is 5.92 Å². The molecule has 0 spiro atoms. The standard InChI is InChI=1S/C22H24F4N6O3/c23-9-4-11(17(26)12(25)5-9)14-6-10(24)7-32(14)22(35)18-16-20(27-8-28-21(16)31-30-18)29-13-2-1-3-15(33)19(13)34/h5,8,10-11,13-15,19,33-34H,1-4,6-7H2,(H2,27,28,29,30,31)/t10-,11?,13+,14+,15+,19-/m0/s1. The van der Waals surface area contributed by atoms with Crippen LogP contribution in [0.3, 0.4) is 0 Å². The molecule has 9 nitrogen and oxygen atoms in total. The fourth-order valence-electron chi connectivity index (χ4n) is 5.23. The zero-order valence-corrected chi connectivity index (χ0v) is 18.5. The van der Waals surface area contributed by atoms with E-state index in [1.54, 1.807) is 0 Å². The van der Waals surface area contributed by atoms with E-state index in [4.69, 9.17) is 0 Å². The van der Waals surface area contributed by atoms with Crippen molar-refractivity contribution in [3.8, 4) is 0 Å². The number of allylic oxidation sites excluding steroid dienone is 3. The number of carbonyl (C=O) groups excluding carboxylic acids is 1. The number of nitrogens with zero attached hydrogens (tertiary/aromatic N) is 4. The third-order valence-corrected chi connectivity index (χ3v) is 6.98. The number of hydrogen-bond acceptors (Lipinski definition) is 7. The summed E-state index contributed by atoms with van der Waals surface area (Å²) in [5, 5.41) is 30.1.